The van der Waals surface area contributed by atoms with Crippen LogP contribution in [0.4, 0.5) is 13.2 Å². The molecule has 1 rings (SSSR count). The lowest BCUT2D eigenvalue weighted by Gasteiger charge is -2.27. The Balaban J connectivity index is 3.06. The molecular formula is C14H17BrF3NO. The van der Waals surface area contributed by atoms with Gasteiger partial charge in [0, 0.05) is 23.6 Å². The predicted molar refractivity (Wildman–Crippen MR) is 75.6 cm³/mol. The predicted octanol–water partition coefficient (Wildman–Crippen LogP) is 4.59. The number of benzene rings is 1. The highest BCUT2D eigenvalue weighted by Crippen LogP contribution is 2.35. The van der Waals surface area contributed by atoms with E-state index in [1.807, 2.05) is 20.8 Å². The Bertz CT molecular complexity index is 506. The molecule has 0 aliphatic rings. The zero-order chi connectivity index (χ0) is 15.7. The van der Waals surface area contributed by atoms with Crippen molar-refractivity contribution in [3.8, 4) is 0 Å². The second-order valence-electron chi connectivity index (χ2n) is 5.91. The number of carbonyl (C=O) groups excluding carboxylic acids is 1. The minimum atomic E-state index is -4.49. The van der Waals surface area contributed by atoms with Gasteiger partial charge in [0.25, 0.3) is 5.91 Å². The molecule has 1 aromatic rings. The Morgan fingerprint density at radius 1 is 1.25 bits per heavy atom. The lowest BCUT2D eigenvalue weighted by Crippen LogP contribution is -2.34. The number of hydrogen-bond donors (Lipinski definition) is 0. The van der Waals surface area contributed by atoms with Crippen molar-refractivity contribution in [2.45, 2.75) is 26.9 Å². The van der Waals surface area contributed by atoms with E-state index >= 15 is 0 Å². The van der Waals surface area contributed by atoms with E-state index in [4.69, 9.17) is 0 Å². The molecule has 0 aliphatic carbocycles. The molecule has 0 unspecified atom stereocenters. The van der Waals surface area contributed by atoms with E-state index in [0.29, 0.717) is 6.54 Å². The molecule has 0 fully saturated rings. The van der Waals surface area contributed by atoms with Crippen molar-refractivity contribution in [1.82, 2.24) is 4.90 Å². The first-order valence-electron chi connectivity index (χ1n) is 6.04. The Morgan fingerprint density at radius 2 is 1.80 bits per heavy atom. The molecule has 0 aliphatic heterocycles. The summed E-state index contributed by atoms with van der Waals surface area (Å²) in [5.74, 6) is -0.419. The van der Waals surface area contributed by atoms with Gasteiger partial charge in [-0.2, -0.15) is 13.2 Å². The van der Waals surface area contributed by atoms with E-state index in [0.717, 1.165) is 6.07 Å². The largest absolute Gasteiger partial charge is 0.417 e. The second-order valence-corrected chi connectivity index (χ2v) is 6.77. The molecule has 0 saturated carbocycles. The van der Waals surface area contributed by atoms with Crippen LogP contribution in [0.2, 0.25) is 0 Å². The number of amides is 1. The summed E-state index contributed by atoms with van der Waals surface area (Å²) in [6.07, 6.45) is -4.49. The third-order valence-electron chi connectivity index (χ3n) is 2.58. The first kappa shape index (κ1) is 17.0. The fourth-order valence-electron chi connectivity index (χ4n) is 1.88. The average molecular weight is 352 g/mol. The monoisotopic (exact) mass is 351 g/mol. The summed E-state index contributed by atoms with van der Waals surface area (Å²) in [5.41, 5.74) is -0.924. The maximum absolute atomic E-state index is 12.8. The normalized spacial score (nSPS) is 12.4. The molecule has 1 amide bonds. The lowest BCUT2D eigenvalue weighted by atomic mass is 9.96. The number of carbonyl (C=O) groups is 1. The van der Waals surface area contributed by atoms with Crippen LogP contribution < -0.4 is 0 Å². The van der Waals surface area contributed by atoms with Crippen LogP contribution in [-0.4, -0.2) is 24.4 Å². The van der Waals surface area contributed by atoms with Crippen molar-refractivity contribution in [3.05, 3.63) is 33.8 Å². The van der Waals surface area contributed by atoms with E-state index < -0.39 is 17.6 Å². The molecule has 6 heteroatoms. The molecule has 0 aromatic heterocycles. The van der Waals surface area contributed by atoms with Crippen molar-refractivity contribution in [2.75, 3.05) is 13.6 Å². The van der Waals surface area contributed by atoms with Crippen LogP contribution in [0.3, 0.4) is 0 Å². The van der Waals surface area contributed by atoms with E-state index in [9.17, 15) is 18.0 Å². The summed E-state index contributed by atoms with van der Waals surface area (Å²) in [7, 11) is 1.59. The summed E-state index contributed by atoms with van der Waals surface area (Å²) in [5, 5.41) is 0. The van der Waals surface area contributed by atoms with Crippen LogP contribution in [0, 0.1) is 5.41 Å². The Labute approximate surface area is 125 Å². The van der Waals surface area contributed by atoms with E-state index in [1.165, 1.54) is 17.0 Å². The quantitative estimate of drug-likeness (QED) is 0.763. The number of hydrogen-bond acceptors (Lipinski definition) is 1. The van der Waals surface area contributed by atoms with Gasteiger partial charge in [-0.05, 0) is 23.6 Å². The van der Waals surface area contributed by atoms with Crippen molar-refractivity contribution in [1.29, 1.82) is 0 Å². The minimum absolute atomic E-state index is 0.0345. The molecule has 0 saturated heterocycles. The van der Waals surface area contributed by atoms with Gasteiger partial charge in [0.15, 0.2) is 0 Å². The van der Waals surface area contributed by atoms with Crippen LogP contribution in [0.25, 0.3) is 0 Å². The molecule has 20 heavy (non-hydrogen) atoms. The summed E-state index contributed by atoms with van der Waals surface area (Å²) in [4.78, 5) is 13.6. The highest BCUT2D eigenvalue weighted by molar-refractivity contribution is 9.10. The summed E-state index contributed by atoms with van der Waals surface area (Å²) in [6.45, 7) is 6.34. The molecule has 0 bridgehead atoms. The Morgan fingerprint density at radius 3 is 2.25 bits per heavy atom. The van der Waals surface area contributed by atoms with Crippen LogP contribution in [0.1, 0.15) is 36.7 Å². The smallest absolute Gasteiger partial charge is 0.341 e. The highest BCUT2D eigenvalue weighted by Gasteiger charge is 2.34. The van der Waals surface area contributed by atoms with Crippen LogP contribution >= 0.6 is 15.9 Å². The summed E-state index contributed by atoms with van der Waals surface area (Å²) < 4.78 is 38.4. The number of nitrogens with zero attached hydrogens (tertiary/aromatic N) is 1. The van der Waals surface area contributed by atoms with Gasteiger partial charge in [-0.1, -0.05) is 36.7 Å². The fourth-order valence-corrected chi connectivity index (χ4v) is 2.35. The number of rotatable bonds is 2. The van der Waals surface area contributed by atoms with E-state index in [-0.39, 0.29) is 15.5 Å². The molecule has 2 nitrogen and oxygen atoms in total. The molecular weight excluding hydrogens is 335 g/mol. The van der Waals surface area contributed by atoms with Gasteiger partial charge >= 0.3 is 6.18 Å². The first-order valence-corrected chi connectivity index (χ1v) is 6.83. The fraction of sp³-hybridized carbons (Fsp3) is 0.500. The van der Waals surface area contributed by atoms with Gasteiger partial charge < -0.3 is 4.90 Å². The van der Waals surface area contributed by atoms with Gasteiger partial charge in [-0.15, -0.1) is 0 Å². The molecule has 0 spiro atoms. The standard InChI is InChI=1S/C14H17BrF3NO/c1-13(2,3)8-19(4)12(20)9-5-6-11(15)10(7-9)14(16,17)18/h5-7H,8H2,1-4H3. The first-order chi connectivity index (χ1) is 8.92. The SMILES string of the molecule is CN(CC(C)(C)C)C(=O)c1ccc(Br)c(C(F)(F)F)c1. The highest BCUT2D eigenvalue weighted by atomic mass is 79.9. The molecule has 0 atom stereocenters. The van der Waals surface area contributed by atoms with Gasteiger partial charge in [0.1, 0.15) is 0 Å². The molecule has 0 N–H and O–H groups in total. The van der Waals surface area contributed by atoms with Gasteiger partial charge in [0.2, 0.25) is 0 Å². The van der Waals surface area contributed by atoms with Crippen molar-refractivity contribution in [3.63, 3.8) is 0 Å². The van der Waals surface area contributed by atoms with Crippen LogP contribution in [-0.2, 0) is 6.18 Å². The summed E-state index contributed by atoms with van der Waals surface area (Å²) >= 11 is 2.86. The zero-order valence-electron chi connectivity index (χ0n) is 11.8. The minimum Gasteiger partial charge on any atom is -0.341 e. The Kier molecular flexibility index (Phi) is 4.90. The third-order valence-corrected chi connectivity index (χ3v) is 3.27. The zero-order valence-corrected chi connectivity index (χ0v) is 13.4. The molecule has 1 aromatic carbocycles. The molecule has 0 radical (unpaired) electrons. The number of alkyl halides is 3. The maximum Gasteiger partial charge on any atom is 0.417 e. The van der Waals surface area contributed by atoms with E-state index in [1.54, 1.807) is 7.05 Å². The number of halogens is 4. The third kappa shape index (κ3) is 4.51. The molecule has 112 valence electrons. The topological polar surface area (TPSA) is 20.3 Å². The van der Waals surface area contributed by atoms with Gasteiger partial charge in [-0.3, -0.25) is 4.79 Å². The van der Waals surface area contributed by atoms with Crippen LogP contribution in [0.5, 0.6) is 0 Å². The lowest BCUT2D eigenvalue weighted by molar-refractivity contribution is -0.138. The van der Waals surface area contributed by atoms with Crippen molar-refractivity contribution >= 4 is 21.8 Å². The van der Waals surface area contributed by atoms with Gasteiger partial charge in [0.05, 0.1) is 5.56 Å². The Hall–Kier alpha value is -1.04. The van der Waals surface area contributed by atoms with Crippen molar-refractivity contribution in [2.24, 2.45) is 5.41 Å². The second kappa shape index (κ2) is 5.76. The van der Waals surface area contributed by atoms with E-state index in [2.05, 4.69) is 15.9 Å². The summed E-state index contributed by atoms with van der Waals surface area (Å²) in [6, 6.07) is 3.52. The van der Waals surface area contributed by atoms with Gasteiger partial charge in [-0.25, -0.2) is 0 Å². The molecule has 0 heterocycles. The maximum atomic E-state index is 12.8. The van der Waals surface area contributed by atoms with Crippen molar-refractivity contribution < 1.29 is 18.0 Å². The average Bonchev–Trinajstić information content (AvgIpc) is 2.24. The van der Waals surface area contributed by atoms with Crippen LogP contribution in [0.15, 0.2) is 22.7 Å².